The highest BCUT2D eigenvalue weighted by Crippen LogP contribution is 2.17. The number of nitrogens with one attached hydrogen (secondary N) is 2. The summed E-state index contributed by atoms with van der Waals surface area (Å²) in [4.78, 5) is 53.8. The number of hydrogen-bond acceptors (Lipinski definition) is 5. The van der Waals surface area contributed by atoms with Crippen LogP contribution in [0.1, 0.15) is 31.1 Å². The molecule has 0 radical (unpaired) electrons. The lowest BCUT2D eigenvalue weighted by Crippen LogP contribution is -2.41. The van der Waals surface area contributed by atoms with Gasteiger partial charge < -0.3 is 15.2 Å². The zero-order valence-electron chi connectivity index (χ0n) is 17.5. The van der Waals surface area contributed by atoms with E-state index >= 15 is 0 Å². The van der Waals surface area contributed by atoms with Gasteiger partial charge in [-0.05, 0) is 32.9 Å². The molecule has 30 heavy (non-hydrogen) atoms. The summed E-state index contributed by atoms with van der Waals surface area (Å²) in [5.74, 6) is -0.753. The molecule has 3 aromatic rings. The molecule has 2 N–H and O–H groups in total. The Morgan fingerprint density at radius 1 is 1.07 bits per heavy atom. The van der Waals surface area contributed by atoms with Crippen LogP contribution in [0.5, 0.6) is 0 Å². The van der Waals surface area contributed by atoms with Gasteiger partial charge in [0.15, 0.2) is 11.2 Å². The van der Waals surface area contributed by atoms with Crippen LogP contribution in [0.25, 0.3) is 11.2 Å². The molecule has 0 aliphatic heterocycles. The Morgan fingerprint density at radius 2 is 1.73 bits per heavy atom. The van der Waals surface area contributed by atoms with E-state index in [1.165, 1.54) is 29.6 Å². The van der Waals surface area contributed by atoms with Crippen molar-refractivity contribution in [1.29, 1.82) is 0 Å². The Labute approximate surface area is 172 Å². The molecule has 0 aliphatic rings. The van der Waals surface area contributed by atoms with Gasteiger partial charge in [-0.3, -0.25) is 23.5 Å². The molecule has 158 valence electrons. The molecule has 0 fully saturated rings. The van der Waals surface area contributed by atoms with Gasteiger partial charge in [0.25, 0.3) is 11.5 Å². The first-order valence-corrected chi connectivity index (χ1v) is 9.32. The summed E-state index contributed by atoms with van der Waals surface area (Å²) in [5, 5.41) is 5.58. The number of aryl methyl sites for hydroxylation is 1. The van der Waals surface area contributed by atoms with Crippen LogP contribution in [-0.2, 0) is 25.4 Å². The summed E-state index contributed by atoms with van der Waals surface area (Å²) in [6.07, 6.45) is 1.34. The number of carbonyl (C=O) groups excluding carboxylic acids is 2. The lowest BCUT2D eigenvalue weighted by Gasteiger charge is -2.21. The Kier molecular flexibility index (Phi) is 5.34. The number of amides is 2. The van der Waals surface area contributed by atoms with Crippen molar-refractivity contribution in [3.63, 3.8) is 0 Å². The molecule has 0 saturated heterocycles. The first-order chi connectivity index (χ1) is 14.0. The molecule has 10 nitrogen and oxygen atoms in total. The van der Waals surface area contributed by atoms with Crippen LogP contribution in [0.15, 0.2) is 40.2 Å². The first-order valence-electron chi connectivity index (χ1n) is 9.32. The van der Waals surface area contributed by atoms with E-state index in [-0.39, 0.29) is 23.6 Å². The van der Waals surface area contributed by atoms with Crippen molar-refractivity contribution in [3.05, 3.63) is 57.0 Å². The zero-order chi connectivity index (χ0) is 22.2. The third kappa shape index (κ3) is 4.02. The number of anilines is 1. The van der Waals surface area contributed by atoms with Gasteiger partial charge in [0, 0.05) is 19.6 Å². The number of fused-ring (bicyclic) bond motifs is 1. The van der Waals surface area contributed by atoms with Crippen LogP contribution in [0.3, 0.4) is 0 Å². The van der Waals surface area contributed by atoms with Crippen molar-refractivity contribution in [2.24, 2.45) is 14.1 Å². The van der Waals surface area contributed by atoms with Crippen molar-refractivity contribution in [2.75, 3.05) is 5.32 Å². The summed E-state index contributed by atoms with van der Waals surface area (Å²) >= 11 is 0. The number of benzene rings is 1. The molecule has 0 saturated carbocycles. The van der Waals surface area contributed by atoms with Crippen LogP contribution in [0.2, 0.25) is 0 Å². The zero-order valence-corrected chi connectivity index (χ0v) is 17.5. The van der Waals surface area contributed by atoms with Crippen molar-refractivity contribution in [1.82, 2.24) is 24.0 Å². The van der Waals surface area contributed by atoms with Crippen LogP contribution >= 0.6 is 0 Å². The van der Waals surface area contributed by atoms with E-state index in [0.717, 1.165) is 4.57 Å². The topological polar surface area (TPSA) is 120 Å². The third-order valence-corrected chi connectivity index (χ3v) is 4.47. The number of hydrogen-bond donors (Lipinski definition) is 2. The van der Waals surface area contributed by atoms with Gasteiger partial charge >= 0.3 is 5.69 Å². The summed E-state index contributed by atoms with van der Waals surface area (Å²) in [6, 6.07) is 6.67. The lowest BCUT2D eigenvalue weighted by atomic mass is 10.1. The van der Waals surface area contributed by atoms with Gasteiger partial charge in [-0.2, -0.15) is 0 Å². The Balaban J connectivity index is 1.89. The molecule has 10 heteroatoms. The molecular weight excluding hydrogens is 388 g/mol. The highest BCUT2D eigenvalue weighted by atomic mass is 16.2. The monoisotopic (exact) mass is 412 g/mol. The van der Waals surface area contributed by atoms with E-state index in [9.17, 15) is 19.2 Å². The van der Waals surface area contributed by atoms with Gasteiger partial charge in [-0.1, -0.05) is 12.1 Å². The number of rotatable bonds is 4. The standard InChI is InChI=1S/C20H24N6O4/c1-20(2,3)23-17(28)12-8-6-7-9-13(12)22-14(27)10-26-11-21-16-15(26)18(29)25(5)19(30)24(16)4/h6-9,11H,10H2,1-5H3,(H,22,27)(H,23,28). The van der Waals surface area contributed by atoms with Crippen molar-refractivity contribution >= 4 is 28.7 Å². The second-order valence-corrected chi connectivity index (χ2v) is 8.05. The van der Waals surface area contributed by atoms with Crippen LogP contribution < -0.4 is 21.9 Å². The van der Waals surface area contributed by atoms with Gasteiger partial charge in [0.1, 0.15) is 6.54 Å². The Bertz CT molecular complexity index is 1260. The minimum absolute atomic E-state index is 0.147. The minimum Gasteiger partial charge on any atom is -0.347 e. The second kappa shape index (κ2) is 7.62. The summed E-state index contributed by atoms with van der Waals surface area (Å²) in [7, 11) is 2.87. The highest BCUT2D eigenvalue weighted by molar-refractivity contribution is 6.04. The molecular formula is C20H24N6O4. The fourth-order valence-electron chi connectivity index (χ4n) is 3.06. The molecule has 3 rings (SSSR count). The van der Waals surface area contributed by atoms with Crippen LogP contribution in [-0.4, -0.2) is 36.0 Å². The van der Waals surface area contributed by atoms with E-state index in [1.54, 1.807) is 24.3 Å². The van der Waals surface area contributed by atoms with E-state index in [0.29, 0.717) is 11.3 Å². The summed E-state index contributed by atoms with van der Waals surface area (Å²) in [5.41, 5.74) is -0.442. The normalized spacial score (nSPS) is 11.5. The molecule has 0 aliphatic carbocycles. The molecule has 0 atom stereocenters. The van der Waals surface area contributed by atoms with Gasteiger partial charge in [-0.15, -0.1) is 0 Å². The fraction of sp³-hybridized carbons (Fsp3) is 0.350. The average Bonchev–Trinajstić information content (AvgIpc) is 3.07. The molecule has 1 aromatic carbocycles. The summed E-state index contributed by atoms with van der Waals surface area (Å²) in [6.45, 7) is 5.39. The number of nitrogens with zero attached hydrogens (tertiary/aromatic N) is 4. The molecule has 2 heterocycles. The van der Waals surface area contributed by atoms with E-state index < -0.39 is 22.7 Å². The van der Waals surface area contributed by atoms with E-state index in [4.69, 9.17) is 0 Å². The second-order valence-electron chi connectivity index (χ2n) is 8.05. The number of para-hydroxylation sites is 1. The predicted molar refractivity (Wildman–Crippen MR) is 113 cm³/mol. The number of carbonyl (C=O) groups is 2. The quantitative estimate of drug-likeness (QED) is 0.650. The van der Waals surface area contributed by atoms with Crippen molar-refractivity contribution in [2.45, 2.75) is 32.9 Å². The number of imidazole rings is 1. The van der Waals surface area contributed by atoms with Crippen molar-refractivity contribution in [3.8, 4) is 0 Å². The number of aromatic nitrogens is 4. The molecule has 2 amide bonds. The minimum atomic E-state index is -0.539. The van der Waals surface area contributed by atoms with Crippen molar-refractivity contribution < 1.29 is 9.59 Å². The fourth-order valence-corrected chi connectivity index (χ4v) is 3.06. The molecule has 0 spiro atoms. The maximum Gasteiger partial charge on any atom is 0.332 e. The van der Waals surface area contributed by atoms with Crippen LogP contribution in [0, 0.1) is 0 Å². The van der Waals surface area contributed by atoms with Gasteiger partial charge in [-0.25, -0.2) is 9.78 Å². The first kappa shape index (κ1) is 21.0. The SMILES string of the molecule is Cn1c(=O)c2c(ncn2CC(=O)Nc2ccccc2C(=O)NC(C)(C)C)n(C)c1=O. The van der Waals surface area contributed by atoms with E-state index in [2.05, 4.69) is 15.6 Å². The van der Waals surface area contributed by atoms with Gasteiger partial charge in [0.2, 0.25) is 5.91 Å². The largest absolute Gasteiger partial charge is 0.347 e. The lowest BCUT2D eigenvalue weighted by molar-refractivity contribution is -0.116. The molecule has 0 unspecified atom stereocenters. The maximum absolute atomic E-state index is 12.7. The third-order valence-electron chi connectivity index (χ3n) is 4.47. The maximum atomic E-state index is 12.7. The Hall–Kier alpha value is -3.69. The summed E-state index contributed by atoms with van der Waals surface area (Å²) < 4.78 is 3.59. The van der Waals surface area contributed by atoms with Crippen LogP contribution in [0.4, 0.5) is 5.69 Å². The Morgan fingerprint density at radius 3 is 2.40 bits per heavy atom. The predicted octanol–water partition coefficient (Wildman–Crippen LogP) is 0.601. The highest BCUT2D eigenvalue weighted by Gasteiger charge is 2.20. The molecule has 2 aromatic heterocycles. The van der Waals surface area contributed by atoms with E-state index in [1.807, 2.05) is 20.8 Å². The average molecular weight is 412 g/mol. The molecule has 0 bridgehead atoms. The smallest absolute Gasteiger partial charge is 0.332 e. The van der Waals surface area contributed by atoms with Gasteiger partial charge in [0.05, 0.1) is 17.6 Å².